The predicted molar refractivity (Wildman–Crippen MR) is 52.5 cm³/mol. The van der Waals surface area contributed by atoms with Gasteiger partial charge in [-0.05, 0) is 37.6 Å². The van der Waals surface area contributed by atoms with Gasteiger partial charge in [-0.3, -0.25) is 9.69 Å². The minimum absolute atomic E-state index is 0.220. The fraction of sp³-hybridized carbons (Fsp3) is 0.909. The molecule has 2 heteroatoms. The largest absolute Gasteiger partial charge is 0.298 e. The van der Waals surface area contributed by atoms with Gasteiger partial charge in [-0.15, -0.1) is 0 Å². The molecule has 1 saturated heterocycles. The van der Waals surface area contributed by atoms with E-state index in [9.17, 15) is 4.79 Å². The van der Waals surface area contributed by atoms with Crippen LogP contribution in [0.5, 0.6) is 0 Å². The number of likely N-dealkylation sites (N-methyl/N-ethyl adjacent to an activating group) is 1. The Balaban J connectivity index is 2.16. The molecule has 0 unspecified atom stereocenters. The van der Waals surface area contributed by atoms with Gasteiger partial charge in [0.1, 0.15) is 5.78 Å². The number of hydrogen-bond donors (Lipinski definition) is 0. The Morgan fingerprint density at radius 3 is 2.46 bits per heavy atom. The number of nitrogens with zero attached hydrogens (tertiary/aromatic N) is 1. The lowest BCUT2D eigenvalue weighted by Gasteiger charge is -2.48. The van der Waals surface area contributed by atoms with E-state index in [1.54, 1.807) is 6.92 Å². The number of carbonyl (C=O) groups is 1. The predicted octanol–water partition coefficient (Wildman–Crippen LogP) is 1.55. The number of ketones is 1. The summed E-state index contributed by atoms with van der Waals surface area (Å²) in [5.41, 5.74) is 0.475. The van der Waals surface area contributed by atoms with Crippen molar-refractivity contribution in [2.75, 3.05) is 13.6 Å². The summed E-state index contributed by atoms with van der Waals surface area (Å²) >= 11 is 0. The fourth-order valence-electron chi connectivity index (χ4n) is 3.40. The normalized spacial score (nSPS) is 42.6. The standard InChI is InChI=1S/C11H19NO/c1-7(13)10-8-5-11(2,3)9(8)6-12(10)4/h8-10H,5-6H2,1-4H3/t8-,9-,10+/m0/s1. The maximum Gasteiger partial charge on any atom is 0.147 e. The molecule has 3 atom stereocenters. The molecular formula is C11H19NO. The molecule has 13 heavy (non-hydrogen) atoms. The van der Waals surface area contributed by atoms with Gasteiger partial charge >= 0.3 is 0 Å². The average molecular weight is 181 g/mol. The lowest BCUT2D eigenvalue weighted by molar-refractivity contribution is -0.123. The molecule has 0 bridgehead atoms. The minimum Gasteiger partial charge on any atom is -0.298 e. The third-order valence-corrected chi connectivity index (χ3v) is 4.06. The van der Waals surface area contributed by atoms with Crippen molar-refractivity contribution in [1.29, 1.82) is 0 Å². The van der Waals surface area contributed by atoms with Crippen molar-refractivity contribution >= 4 is 5.78 Å². The van der Waals surface area contributed by atoms with Crippen LogP contribution in [0.1, 0.15) is 27.2 Å². The minimum atomic E-state index is 0.220. The summed E-state index contributed by atoms with van der Waals surface area (Å²) in [6, 6.07) is 0.220. The highest BCUT2D eigenvalue weighted by Gasteiger charge is 2.56. The summed E-state index contributed by atoms with van der Waals surface area (Å²) in [6.45, 7) is 7.49. The molecule has 0 radical (unpaired) electrons. The third kappa shape index (κ3) is 1.15. The van der Waals surface area contributed by atoms with Crippen molar-refractivity contribution in [3.63, 3.8) is 0 Å². The van der Waals surface area contributed by atoms with Crippen LogP contribution in [0.4, 0.5) is 0 Å². The summed E-state index contributed by atoms with van der Waals surface area (Å²) in [5.74, 6) is 1.76. The first-order chi connectivity index (χ1) is 5.93. The second kappa shape index (κ2) is 2.57. The summed E-state index contributed by atoms with van der Waals surface area (Å²) in [6.07, 6.45) is 1.23. The van der Waals surface area contributed by atoms with Gasteiger partial charge < -0.3 is 0 Å². The molecule has 0 aromatic rings. The Kier molecular flexibility index (Phi) is 1.82. The number of Topliss-reactive ketones (excluding diaryl/α,β-unsaturated/α-hetero) is 1. The van der Waals surface area contributed by atoms with Crippen LogP contribution in [0.15, 0.2) is 0 Å². The summed E-state index contributed by atoms with van der Waals surface area (Å²) in [4.78, 5) is 13.7. The molecule has 0 aromatic carbocycles. The van der Waals surface area contributed by atoms with Gasteiger partial charge in [-0.25, -0.2) is 0 Å². The molecule has 2 aliphatic rings. The van der Waals surface area contributed by atoms with Crippen LogP contribution in [0.3, 0.4) is 0 Å². The van der Waals surface area contributed by atoms with Crippen LogP contribution in [0, 0.1) is 17.3 Å². The quantitative estimate of drug-likeness (QED) is 0.611. The van der Waals surface area contributed by atoms with Crippen molar-refractivity contribution in [2.24, 2.45) is 17.3 Å². The van der Waals surface area contributed by atoms with E-state index in [4.69, 9.17) is 0 Å². The molecule has 2 fully saturated rings. The zero-order valence-corrected chi connectivity index (χ0v) is 9.00. The highest BCUT2D eigenvalue weighted by molar-refractivity contribution is 5.82. The van der Waals surface area contributed by atoms with Crippen LogP contribution in [0.25, 0.3) is 0 Å². The molecular weight excluding hydrogens is 162 g/mol. The van der Waals surface area contributed by atoms with E-state index in [-0.39, 0.29) is 6.04 Å². The van der Waals surface area contributed by atoms with Gasteiger partial charge in [0.2, 0.25) is 0 Å². The van der Waals surface area contributed by atoms with Gasteiger partial charge in [0.25, 0.3) is 0 Å². The zero-order chi connectivity index (χ0) is 9.80. The Labute approximate surface area is 80.3 Å². The lowest BCUT2D eigenvalue weighted by atomic mass is 9.55. The van der Waals surface area contributed by atoms with Crippen molar-refractivity contribution in [3.8, 4) is 0 Å². The number of carbonyl (C=O) groups excluding carboxylic acids is 1. The van der Waals surface area contributed by atoms with Crippen molar-refractivity contribution < 1.29 is 4.79 Å². The van der Waals surface area contributed by atoms with E-state index in [1.807, 2.05) is 0 Å². The van der Waals surface area contributed by atoms with Crippen molar-refractivity contribution in [3.05, 3.63) is 0 Å². The van der Waals surface area contributed by atoms with Crippen molar-refractivity contribution in [1.82, 2.24) is 4.90 Å². The van der Waals surface area contributed by atoms with Gasteiger partial charge in [0.05, 0.1) is 6.04 Å². The zero-order valence-electron chi connectivity index (χ0n) is 9.00. The molecule has 1 aliphatic carbocycles. The Morgan fingerprint density at radius 2 is 2.08 bits per heavy atom. The summed E-state index contributed by atoms with van der Waals surface area (Å²) < 4.78 is 0. The molecule has 0 spiro atoms. The number of fused-ring (bicyclic) bond motifs is 1. The highest BCUT2D eigenvalue weighted by atomic mass is 16.1. The van der Waals surface area contributed by atoms with Gasteiger partial charge in [0, 0.05) is 6.54 Å². The monoisotopic (exact) mass is 181 g/mol. The third-order valence-electron chi connectivity index (χ3n) is 4.06. The number of rotatable bonds is 1. The van der Waals surface area contributed by atoms with E-state index in [1.165, 1.54) is 6.42 Å². The summed E-state index contributed by atoms with van der Waals surface area (Å²) in [5, 5.41) is 0. The van der Waals surface area contributed by atoms with Crippen LogP contribution in [-0.4, -0.2) is 30.3 Å². The molecule has 0 N–H and O–H groups in total. The molecule has 1 heterocycles. The van der Waals surface area contributed by atoms with Gasteiger partial charge in [-0.2, -0.15) is 0 Å². The topological polar surface area (TPSA) is 20.3 Å². The summed E-state index contributed by atoms with van der Waals surface area (Å²) in [7, 11) is 2.08. The van der Waals surface area contributed by atoms with Crippen LogP contribution >= 0.6 is 0 Å². The second-order valence-electron chi connectivity index (χ2n) is 5.46. The fourth-order valence-corrected chi connectivity index (χ4v) is 3.40. The Bertz CT molecular complexity index is 246. The Morgan fingerprint density at radius 1 is 1.46 bits per heavy atom. The van der Waals surface area contributed by atoms with E-state index in [0.717, 1.165) is 12.5 Å². The molecule has 0 amide bonds. The Hall–Kier alpha value is -0.370. The van der Waals surface area contributed by atoms with Crippen LogP contribution in [-0.2, 0) is 4.79 Å². The SMILES string of the molecule is CC(=O)[C@@H]1[C@H]2CC(C)(C)[C@H]2CN1C. The molecule has 2 nitrogen and oxygen atoms in total. The van der Waals surface area contributed by atoms with E-state index >= 15 is 0 Å². The average Bonchev–Trinajstić information content (AvgIpc) is 2.24. The van der Waals surface area contributed by atoms with Gasteiger partial charge in [-0.1, -0.05) is 13.8 Å². The van der Waals surface area contributed by atoms with Gasteiger partial charge in [0.15, 0.2) is 0 Å². The first-order valence-electron chi connectivity index (χ1n) is 5.14. The first-order valence-corrected chi connectivity index (χ1v) is 5.14. The smallest absolute Gasteiger partial charge is 0.147 e. The van der Waals surface area contributed by atoms with Crippen molar-refractivity contribution in [2.45, 2.75) is 33.2 Å². The molecule has 1 aliphatic heterocycles. The van der Waals surface area contributed by atoms with E-state index in [2.05, 4.69) is 25.8 Å². The molecule has 74 valence electrons. The first kappa shape index (κ1) is 9.20. The second-order valence-corrected chi connectivity index (χ2v) is 5.46. The molecule has 2 rings (SSSR count). The lowest BCUT2D eigenvalue weighted by Crippen LogP contribution is -2.47. The molecule has 1 saturated carbocycles. The maximum absolute atomic E-state index is 11.4. The number of likely N-dealkylation sites (tertiary alicyclic amines) is 1. The van der Waals surface area contributed by atoms with Crippen LogP contribution in [0.2, 0.25) is 0 Å². The maximum atomic E-state index is 11.4. The molecule has 0 aromatic heterocycles. The van der Waals surface area contributed by atoms with E-state index in [0.29, 0.717) is 17.1 Å². The van der Waals surface area contributed by atoms with E-state index < -0.39 is 0 Å². The highest BCUT2D eigenvalue weighted by Crippen LogP contribution is 2.56. The number of hydrogen-bond acceptors (Lipinski definition) is 2. The van der Waals surface area contributed by atoms with Crippen LogP contribution < -0.4 is 0 Å².